The standard InChI is InChI=1S/C22H23N3O3S/c26-19(23-15-11-12-28-16-7-3-1-5-13(15)16)10-9-18-24-21(27)20-14-6-2-4-8-17(14)29-22(20)25-18/h1,3,5,7,15H,2,4,6,8-12H2,(H,23,26)(H,24,25,27)/t15-/m0/s1. The number of nitrogens with one attached hydrogen (secondary N) is 2. The number of ether oxygens (including phenoxy) is 1. The smallest absolute Gasteiger partial charge is 0.259 e. The molecule has 2 N–H and O–H groups in total. The highest BCUT2D eigenvalue weighted by atomic mass is 32.1. The fraction of sp³-hybridized carbons (Fsp3) is 0.409. The maximum atomic E-state index is 12.6. The first kappa shape index (κ1) is 18.4. The first-order valence-electron chi connectivity index (χ1n) is 10.2. The summed E-state index contributed by atoms with van der Waals surface area (Å²) in [5.41, 5.74) is 2.14. The average molecular weight is 410 g/mol. The third-order valence-corrected chi connectivity index (χ3v) is 6.94. The lowest BCUT2D eigenvalue weighted by molar-refractivity contribution is -0.122. The average Bonchev–Trinajstić information content (AvgIpc) is 3.11. The van der Waals surface area contributed by atoms with Crippen LogP contribution in [0.3, 0.4) is 0 Å². The van der Waals surface area contributed by atoms with Gasteiger partial charge in [-0.25, -0.2) is 4.98 Å². The molecule has 0 spiro atoms. The first-order chi connectivity index (χ1) is 14.2. The minimum atomic E-state index is -0.0665. The Bertz CT molecular complexity index is 1130. The Balaban J connectivity index is 1.29. The van der Waals surface area contributed by atoms with Gasteiger partial charge in [0, 0.05) is 29.7 Å². The highest BCUT2D eigenvalue weighted by Crippen LogP contribution is 2.34. The maximum Gasteiger partial charge on any atom is 0.259 e. The maximum absolute atomic E-state index is 12.6. The number of H-pyrrole nitrogens is 1. The van der Waals surface area contributed by atoms with Gasteiger partial charge in [0.1, 0.15) is 16.4 Å². The number of rotatable bonds is 4. The van der Waals surface area contributed by atoms with Crippen molar-refractivity contribution < 1.29 is 9.53 Å². The molecule has 5 rings (SSSR count). The summed E-state index contributed by atoms with van der Waals surface area (Å²) in [6, 6.07) is 7.77. The molecule has 0 fully saturated rings. The molecule has 6 nitrogen and oxygen atoms in total. The molecule has 3 aromatic rings. The van der Waals surface area contributed by atoms with Gasteiger partial charge in [-0.15, -0.1) is 11.3 Å². The number of benzene rings is 1. The van der Waals surface area contributed by atoms with Crippen LogP contribution in [-0.2, 0) is 24.1 Å². The lowest BCUT2D eigenvalue weighted by Gasteiger charge is -2.26. The normalized spacial score (nSPS) is 18.0. The van der Waals surface area contributed by atoms with Crippen LogP contribution in [0.25, 0.3) is 10.2 Å². The van der Waals surface area contributed by atoms with Crippen molar-refractivity contribution in [3.05, 3.63) is 56.4 Å². The zero-order valence-electron chi connectivity index (χ0n) is 16.1. The Labute approximate surface area is 172 Å². The molecule has 1 aliphatic carbocycles. The number of aromatic nitrogens is 2. The summed E-state index contributed by atoms with van der Waals surface area (Å²) in [7, 11) is 0. The SMILES string of the molecule is O=C(CCc1nc2sc3c(c2c(=O)[nH]1)CCCC3)N[C@H]1CCOc2ccccc21. The van der Waals surface area contributed by atoms with Crippen molar-refractivity contribution in [2.75, 3.05) is 6.61 Å². The lowest BCUT2D eigenvalue weighted by atomic mass is 9.97. The number of hydrogen-bond acceptors (Lipinski definition) is 5. The Hall–Kier alpha value is -2.67. The molecular formula is C22H23N3O3S. The van der Waals surface area contributed by atoms with Crippen LogP contribution in [0.4, 0.5) is 0 Å². The summed E-state index contributed by atoms with van der Waals surface area (Å²) in [6.45, 7) is 0.594. The van der Waals surface area contributed by atoms with Crippen LogP contribution in [0.2, 0.25) is 0 Å². The molecule has 0 bridgehead atoms. The molecule has 7 heteroatoms. The number of thiophene rings is 1. The van der Waals surface area contributed by atoms with Crippen LogP contribution < -0.4 is 15.6 Å². The lowest BCUT2D eigenvalue weighted by Crippen LogP contribution is -2.32. The van der Waals surface area contributed by atoms with E-state index in [-0.39, 0.29) is 17.5 Å². The number of fused-ring (bicyclic) bond motifs is 4. The van der Waals surface area contributed by atoms with Gasteiger partial charge in [0.2, 0.25) is 5.91 Å². The van der Waals surface area contributed by atoms with E-state index in [1.54, 1.807) is 11.3 Å². The van der Waals surface area contributed by atoms with E-state index in [4.69, 9.17) is 4.74 Å². The van der Waals surface area contributed by atoms with Crippen LogP contribution >= 0.6 is 11.3 Å². The number of carbonyl (C=O) groups excluding carboxylic acids is 1. The molecule has 150 valence electrons. The Morgan fingerprint density at radius 3 is 3.07 bits per heavy atom. The third-order valence-electron chi connectivity index (χ3n) is 5.76. The van der Waals surface area contributed by atoms with E-state index in [1.165, 1.54) is 16.9 Å². The van der Waals surface area contributed by atoms with E-state index in [9.17, 15) is 9.59 Å². The first-order valence-corrected chi connectivity index (χ1v) is 11.1. The quantitative estimate of drug-likeness (QED) is 0.691. The molecule has 2 aromatic heterocycles. The summed E-state index contributed by atoms with van der Waals surface area (Å²) in [6.07, 6.45) is 5.79. The number of carbonyl (C=O) groups is 1. The van der Waals surface area contributed by atoms with Crippen LogP contribution in [0.1, 0.15) is 53.6 Å². The summed E-state index contributed by atoms with van der Waals surface area (Å²) in [5.74, 6) is 1.38. The summed E-state index contributed by atoms with van der Waals surface area (Å²) < 4.78 is 5.65. The molecule has 1 aliphatic heterocycles. The molecule has 3 heterocycles. The van der Waals surface area contributed by atoms with Gasteiger partial charge < -0.3 is 15.0 Å². The van der Waals surface area contributed by atoms with Crippen molar-refractivity contribution in [3.8, 4) is 5.75 Å². The van der Waals surface area contributed by atoms with Crippen molar-refractivity contribution in [3.63, 3.8) is 0 Å². The fourth-order valence-electron chi connectivity index (χ4n) is 4.32. The largest absolute Gasteiger partial charge is 0.493 e. The number of aromatic amines is 1. The molecular weight excluding hydrogens is 386 g/mol. The van der Waals surface area contributed by atoms with Crippen molar-refractivity contribution in [1.82, 2.24) is 15.3 Å². The van der Waals surface area contributed by atoms with E-state index in [1.807, 2.05) is 24.3 Å². The highest BCUT2D eigenvalue weighted by Gasteiger charge is 2.23. The van der Waals surface area contributed by atoms with Crippen molar-refractivity contribution in [1.29, 1.82) is 0 Å². The second-order valence-corrected chi connectivity index (χ2v) is 8.78. The van der Waals surface area contributed by atoms with Gasteiger partial charge >= 0.3 is 0 Å². The van der Waals surface area contributed by atoms with Crippen molar-refractivity contribution in [2.45, 2.75) is 51.0 Å². The molecule has 0 saturated heterocycles. The molecule has 1 aromatic carbocycles. The van der Waals surface area contributed by atoms with Gasteiger partial charge in [-0.1, -0.05) is 18.2 Å². The molecule has 29 heavy (non-hydrogen) atoms. The van der Waals surface area contributed by atoms with Gasteiger partial charge in [0.15, 0.2) is 0 Å². The Morgan fingerprint density at radius 1 is 1.28 bits per heavy atom. The number of hydrogen-bond donors (Lipinski definition) is 2. The number of para-hydroxylation sites is 1. The summed E-state index contributed by atoms with van der Waals surface area (Å²) in [5, 5.41) is 3.86. The molecule has 1 atom stereocenters. The Morgan fingerprint density at radius 2 is 2.14 bits per heavy atom. The highest BCUT2D eigenvalue weighted by molar-refractivity contribution is 7.18. The van der Waals surface area contributed by atoms with Gasteiger partial charge in [-0.05, 0) is 37.3 Å². The topological polar surface area (TPSA) is 84.1 Å². The zero-order valence-corrected chi connectivity index (χ0v) is 16.9. The van der Waals surface area contributed by atoms with Crippen molar-refractivity contribution >= 4 is 27.5 Å². The van der Waals surface area contributed by atoms with E-state index < -0.39 is 0 Å². The van der Waals surface area contributed by atoms with E-state index in [2.05, 4.69) is 15.3 Å². The minimum absolute atomic E-state index is 0.0361. The molecule has 0 unspecified atom stereocenters. The second kappa shape index (κ2) is 7.63. The second-order valence-electron chi connectivity index (χ2n) is 7.70. The molecule has 1 amide bonds. The monoisotopic (exact) mass is 409 g/mol. The Kier molecular flexibility index (Phi) is 4.83. The predicted molar refractivity (Wildman–Crippen MR) is 113 cm³/mol. The van der Waals surface area contributed by atoms with Crippen LogP contribution in [0.15, 0.2) is 29.1 Å². The minimum Gasteiger partial charge on any atom is -0.493 e. The van der Waals surface area contributed by atoms with Crippen LogP contribution in [0, 0.1) is 0 Å². The van der Waals surface area contributed by atoms with Gasteiger partial charge in [-0.2, -0.15) is 0 Å². The van der Waals surface area contributed by atoms with E-state index in [0.29, 0.717) is 25.3 Å². The van der Waals surface area contributed by atoms with E-state index >= 15 is 0 Å². The zero-order chi connectivity index (χ0) is 19.8. The summed E-state index contributed by atoms with van der Waals surface area (Å²) in [4.78, 5) is 34.8. The van der Waals surface area contributed by atoms with Crippen molar-refractivity contribution in [2.24, 2.45) is 0 Å². The number of aryl methyl sites for hydroxylation is 3. The van der Waals surface area contributed by atoms with Gasteiger partial charge in [-0.3, -0.25) is 9.59 Å². The molecule has 0 radical (unpaired) electrons. The van der Waals surface area contributed by atoms with Gasteiger partial charge in [0.05, 0.1) is 18.0 Å². The predicted octanol–water partition coefficient (Wildman–Crippen LogP) is 3.44. The van der Waals surface area contributed by atoms with Crippen LogP contribution in [0.5, 0.6) is 5.75 Å². The van der Waals surface area contributed by atoms with Crippen LogP contribution in [-0.4, -0.2) is 22.5 Å². The summed E-state index contributed by atoms with van der Waals surface area (Å²) >= 11 is 1.64. The van der Waals surface area contributed by atoms with E-state index in [0.717, 1.165) is 47.2 Å². The number of amides is 1. The molecule has 0 saturated carbocycles. The third kappa shape index (κ3) is 3.55. The van der Waals surface area contributed by atoms with Gasteiger partial charge in [0.25, 0.3) is 5.56 Å². The molecule has 2 aliphatic rings. The fourth-order valence-corrected chi connectivity index (χ4v) is 5.60. The number of nitrogens with zero attached hydrogens (tertiary/aromatic N) is 1.